The number of amides is 1. The summed E-state index contributed by atoms with van der Waals surface area (Å²) in [5, 5.41) is 5.24. The van der Waals surface area contributed by atoms with Crippen molar-refractivity contribution in [3.63, 3.8) is 0 Å². The van der Waals surface area contributed by atoms with Gasteiger partial charge >= 0.3 is 0 Å². The number of hydrogen-bond acceptors (Lipinski definition) is 3. The Kier molecular flexibility index (Phi) is 4.52. The number of benzene rings is 1. The van der Waals surface area contributed by atoms with Gasteiger partial charge in [-0.05, 0) is 29.6 Å². The van der Waals surface area contributed by atoms with Crippen molar-refractivity contribution < 1.29 is 4.79 Å². The summed E-state index contributed by atoms with van der Waals surface area (Å²) in [6.07, 6.45) is 0.320. The van der Waals surface area contributed by atoms with Crippen LogP contribution in [0.5, 0.6) is 0 Å². The Morgan fingerprint density at radius 1 is 1.42 bits per heavy atom. The molecule has 0 aliphatic heterocycles. The molecule has 1 aromatic heterocycles. The summed E-state index contributed by atoms with van der Waals surface area (Å²) >= 11 is 12.4. The number of halogens is 1. The molecule has 0 unspecified atom stereocenters. The number of nitrogens with one attached hydrogen (secondary N) is 1. The van der Waals surface area contributed by atoms with Crippen LogP contribution in [0.2, 0.25) is 5.02 Å². The molecule has 19 heavy (non-hydrogen) atoms. The first-order valence-electron chi connectivity index (χ1n) is 5.48. The van der Waals surface area contributed by atoms with Gasteiger partial charge in [0.1, 0.15) is 4.99 Å². The first-order chi connectivity index (χ1) is 9.06. The predicted octanol–water partition coefficient (Wildman–Crippen LogP) is 3.22. The first-order valence-corrected chi connectivity index (χ1v) is 7.14. The second-order valence-corrected chi connectivity index (χ2v) is 5.77. The van der Waals surface area contributed by atoms with E-state index in [0.717, 1.165) is 4.88 Å². The maximum Gasteiger partial charge on any atom is 0.229 e. The van der Waals surface area contributed by atoms with Crippen molar-refractivity contribution in [1.29, 1.82) is 0 Å². The Morgan fingerprint density at radius 3 is 2.84 bits per heavy atom. The van der Waals surface area contributed by atoms with Gasteiger partial charge in [0.2, 0.25) is 5.91 Å². The van der Waals surface area contributed by atoms with Gasteiger partial charge in [0.25, 0.3) is 0 Å². The van der Waals surface area contributed by atoms with Crippen LogP contribution >= 0.6 is 35.2 Å². The van der Waals surface area contributed by atoms with Gasteiger partial charge in [-0.2, -0.15) is 0 Å². The third-order valence-corrected chi connectivity index (χ3v) is 3.77. The van der Waals surface area contributed by atoms with Crippen LogP contribution in [0.25, 0.3) is 0 Å². The van der Waals surface area contributed by atoms with E-state index in [1.807, 2.05) is 17.5 Å². The monoisotopic (exact) mass is 310 g/mol. The van der Waals surface area contributed by atoms with Gasteiger partial charge in [-0.15, -0.1) is 11.3 Å². The normalized spacial score (nSPS) is 10.2. The smallest absolute Gasteiger partial charge is 0.229 e. The standard InChI is InChI=1S/C13H11ClN2OS2/c14-8-3-4-10(13(15)18)11(6-8)16-12(17)7-9-2-1-5-19-9/h1-6H,7H2,(H2,15,18)(H,16,17). The quantitative estimate of drug-likeness (QED) is 0.853. The van der Waals surface area contributed by atoms with Crippen LogP contribution < -0.4 is 11.1 Å². The van der Waals surface area contributed by atoms with Gasteiger partial charge in [-0.25, -0.2) is 0 Å². The minimum Gasteiger partial charge on any atom is -0.389 e. The Balaban J connectivity index is 2.16. The summed E-state index contributed by atoms with van der Waals surface area (Å²) in [4.78, 5) is 13.2. The molecule has 1 amide bonds. The highest BCUT2D eigenvalue weighted by Crippen LogP contribution is 2.21. The van der Waals surface area contributed by atoms with Gasteiger partial charge in [0, 0.05) is 15.5 Å². The van der Waals surface area contributed by atoms with E-state index in [0.29, 0.717) is 22.7 Å². The third kappa shape index (κ3) is 3.76. The highest BCUT2D eigenvalue weighted by atomic mass is 35.5. The molecule has 0 radical (unpaired) electrons. The lowest BCUT2D eigenvalue weighted by atomic mass is 10.1. The number of carbonyl (C=O) groups excluding carboxylic acids is 1. The molecule has 2 aromatic rings. The zero-order valence-electron chi connectivity index (χ0n) is 9.85. The Hall–Kier alpha value is -1.43. The largest absolute Gasteiger partial charge is 0.389 e. The van der Waals surface area contributed by atoms with Crippen molar-refractivity contribution in [2.75, 3.05) is 5.32 Å². The summed E-state index contributed by atoms with van der Waals surface area (Å²) in [6, 6.07) is 8.85. The summed E-state index contributed by atoms with van der Waals surface area (Å²) in [7, 11) is 0. The molecule has 2 rings (SSSR count). The van der Waals surface area contributed by atoms with E-state index < -0.39 is 0 Å². The van der Waals surface area contributed by atoms with E-state index in [4.69, 9.17) is 29.6 Å². The van der Waals surface area contributed by atoms with E-state index in [2.05, 4.69) is 5.32 Å². The van der Waals surface area contributed by atoms with Crippen molar-refractivity contribution in [3.05, 3.63) is 51.2 Å². The second-order valence-electron chi connectivity index (χ2n) is 3.86. The maximum atomic E-state index is 11.9. The first kappa shape index (κ1) is 14.0. The molecule has 0 saturated heterocycles. The molecule has 6 heteroatoms. The molecule has 3 N–H and O–H groups in total. The predicted molar refractivity (Wildman–Crippen MR) is 84.0 cm³/mol. The third-order valence-electron chi connectivity index (χ3n) is 2.44. The molecule has 0 spiro atoms. The van der Waals surface area contributed by atoms with Crippen LogP contribution in [-0.4, -0.2) is 10.9 Å². The molecule has 0 atom stereocenters. The topological polar surface area (TPSA) is 55.1 Å². The zero-order valence-corrected chi connectivity index (χ0v) is 12.2. The van der Waals surface area contributed by atoms with Crippen LogP contribution in [-0.2, 0) is 11.2 Å². The van der Waals surface area contributed by atoms with E-state index in [1.165, 1.54) is 11.3 Å². The van der Waals surface area contributed by atoms with Gasteiger partial charge in [0.15, 0.2) is 0 Å². The van der Waals surface area contributed by atoms with Gasteiger partial charge in [-0.1, -0.05) is 29.9 Å². The number of hydrogen-bond donors (Lipinski definition) is 2. The molecule has 0 fully saturated rings. The fraction of sp³-hybridized carbons (Fsp3) is 0.0769. The van der Waals surface area contributed by atoms with Crippen LogP contribution in [0.4, 0.5) is 5.69 Å². The average Bonchev–Trinajstić information content (AvgIpc) is 2.81. The highest BCUT2D eigenvalue weighted by Gasteiger charge is 2.10. The maximum absolute atomic E-state index is 11.9. The lowest BCUT2D eigenvalue weighted by molar-refractivity contribution is -0.115. The van der Waals surface area contributed by atoms with E-state index in [-0.39, 0.29) is 10.9 Å². The zero-order chi connectivity index (χ0) is 13.8. The molecule has 0 aliphatic rings. The fourth-order valence-electron chi connectivity index (χ4n) is 1.60. The number of nitrogens with two attached hydrogens (primary N) is 1. The second kappa shape index (κ2) is 6.14. The number of thiophene rings is 1. The summed E-state index contributed by atoms with van der Waals surface area (Å²) in [5.74, 6) is -0.123. The minimum atomic E-state index is -0.123. The molecule has 0 bridgehead atoms. The lowest BCUT2D eigenvalue weighted by Gasteiger charge is -2.10. The number of carbonyl (C=O) groups is 1. The van der Waals surface area contributed by atoms with Gasteiger partial charge in [0.05, 0.1) is 12.1 Å². The van der Waals surface area contributed by atoms with E-state index in [9.17, 15) is 4.79 Å². The van der Waals surface area contributed by atoms with Gasteiger partial charge < -0.3 is 11.1 Å². The van der Waals surface area contributed by atoms with E-state index >= 15 is 0 Å². The highest BCUT2D eigenvalue weighted by molar-refractivity contribution is 7.80. The molecule has 0 aliphatic carbocycles. The molecule has 3 nitrogen and oxygen atoms in total. The van der Waals surface area contributed by atoms with Crippen molar-refractivity contribution in [3.8, 4) is 0 Å². The van der Waals surface area contributed by atoms with Crippen molar-refractivity contribution in [2.45, 2.75) is 6.42 Å². The Labute approximate surface area is 125 Å². The molecule has 1 heterocycles. The van der Waals surface area contributed by atoms with E-state index in [1.54, 1.807) is 18.2 Å². The Bertz CT molecular complexity index is 611. The summed E-state index contributed by atoms with van der Waals surface area (Å²) < 4.78 is 0. The van der Waals surface area contributed by atoms with Crippen LogP contribution in [0.1, 0.15) is 10.4 Å². The molecule has 1 aromatic carbocycles. The van der Waals surface area contributed by atoms with Crippen molar-refractivity contribution in [2.24, 2.45) is 5.73 Å². The lowest BCUT2D eigenvalue weighted by Crippen LogP contribution is -2.18. The van der Waals surface area contributed by atoms with Gasteiger partial charge in [-0.3, -0.25) is 4.79 Å². The molecular formula is C13H11ClN2OS2. The van der Waals surface area contributed by atoms with Crippen LogP contribution in [0.15, 0.2) is 35.7 Å². The van der Waals surface area contributed by atoms with Crippen LogP contribution in [0.3, 0.4) is 0 Å². The molecule has 98 valence electrons. The number of thiocarbonyl (C=S) groups is 1. The van der Waals surface area contributed by atoms with Crippen molar-refractivity contribution >= 4 is 51.7 Å². The summed E-state index contributed by atoms with van der Waals surface area (Å²) in [6.45, 7) is 0. The molecular weight excluding hydrogens is 300 g/mol. The summed E-state index contributed by atoms with van der Waals surface area (Å²) in [5.41, 5.74) is 6.77. The Morgan fingerprint density at radius 2 is 2.21 bits per heavy atom. The number of rotatable bonds is 4. The fourth-order valence-corrected chi connectivity index (χ4v) is 2.65. The van der Waals surface area contributed by atoms with Crippen LogP contribution in [0, 0.1) is 0 Å². The minimum absolute atomic E-state index is 0.123. The van der Waals surface area contributed by atoms with Crippen molar-refractivity contribution in [1.82, 2.24) is 0 Å². The average molecular weight is 311 g/mol. The number of anilines is 1. The SMILES string of the molecule is NC(=S)c1ccc(Cl)cc1NC(=O)Cc1cccs1. The molecule has 0 saturated carbocycles.